The zero-order chi connectivity index (χ0) is 22.1. The Bertz CT molecular complexity index is 1360. The zero-order valence-electron chi connectivity index (χ0n) is 18.8. The van der Waals surface area contributed by atoms with Crippen LogP contribution in [0.1, 0.15) is 56.9 Å². The second kappa shape index (κ2) is 7.24. The first kappa shape index (κ1) is 19.4. The fourth-order valence-corrected chi connectivity index (χ4v) is 6.37. The van der Waals surface area contributed by atoms with Crippen molar-refractivity contribution in [1.29, 1.82) is 0 Å². The summed E-state index contributed by atoms with van der Waals surface area (Å²) in [5, 5.41) is 5.71. The first-order valence-electron chi connectivity index (χ1n) is 12.4. The van der Waals surface area contributed by atoms with E-state index in [1.165, 1.54) is 56.4 Å². The van der Waals surface area contributed by atoms with Gasteiger partial charge < -0.3 is 10.3 Å². The van der Waals surface area contributed by atoms with Crippen LogP contribution in [0.5, 0.6) is 0 Å². The second-order valence-electron chi connectivity index (χ2n) is 10.4. The van der Waals surface area contributed by atoms with Gasteiger partial charge in [0.2, 0.25) is 0 Å². The number of aromatic amines is 1. The maximum absolute atomic E-state index is 14.0. The van der Waals surface area contributed by atoms with Gasteiger partial charge in [-0.2, -0.15) is 0 Å². The van der Waals surface area contributed by atoms with Crippen LogP contribution in [0.15, 0.2) is 36.7 Å². The van der Waals surface area contributed by atoms with E-state index in [0.717, 1.165) is 28.2 Å². The van der Waals surface area contributed by atoms with Crippen molar-refractivity contribution in [2.24, 2.45) is 17.8 Å². The number of nitrogens with one attached hydrogen (secondary N) is 2. The van der Waals surface area contributed by atoms with E-state index >= 15 is 0 Å². The number of hydrogen-bond donors (Lipinski definition) is 2. The van der Waals surface area contributed by atoms with Gasteiger partial charge in [0.15, 0.2) is 5.82 Å². The van der Waals surface area contributed by atoms with Crippen molar-refractivity contribution in [1.82, 2.24) is 19.9 Å². The molecule has 0 radical (unpaired) electrons. The highest BCUT2D eigenvalue weighted by molar-refractivity contribution is 5.96. The Morgan fingerprint density at radius 3 is 2.58 bits per heavy atom. The highest BCUT2D eigenvalue weighted by atomic mass is 19.1. The quantitative estimate of drug-likeness (QED) is 0.383. The molecule has 33 heavy (non-hydrogen) atoms. The van der Waals surface area contributed by atoms with Crippen LogP contribution < -0.4 is 5.32 Å². The molecule has 0 saturated heterocycles. The van der Waals surface area contributed by atoms with Crippen molar-refractivity contribution in [3.05, 3.63) is 48.0 Å². The molecule has 3 aromatic heterocycles. The Hall–Kier alpha value is -3.02. The number of halogens is 1. The van der Waals surface area contributed by atoms with Gasteiger partial charge in [0.1, 0.15) is 17.3 Å². The Balaban J connectivity index is 1.38. The number of nitrogens with zero attached hydrogens (tertiary/aromatic N) is 3. The third kappa shape index (κ3) is 3.22. The molecule has 4 fully saturated rings. The number of hydrogen-bond acceptors (Lipinski definition) is 4. The summed E-state index contributed by atoms with van der Waals surface area (Å²) < 4.78 is 14.0. The Morgan fingerprint density at radius 1 is 0.970 bits per heavy atom. The number of fused-ring (bicyclic) bond motifs is 5. The topological polar surface area (TPSA) is 66.5 Å². The lowest BCUT2D eigenvalue weighted by Crippen LogP contribution is -2.47. The molecule has 2 atom stereocenters. The Labute approximate surface area is 192 Å². The minimum absolute atomic E-state index is 0.358. The van der Waals surface area contributed by atoms with Crippen molar-refractivity contribution in [3.63, 3.8) is 0 Å². The molecule has 6 heteroatoms. The Morgan fingerprint density at radius 2 is 1.79 bits per heavy atom. The highest BCUT2D eigenvalue weighted by Crippen LogP contribution is 2.47. The largest absolute Gasteiger partial charge is 0.366 e. The van der Waals surface area contributed by atoms with Crippen LogP contribution >= 0.6 is 0 Å². The van der Waals surface area contributed by atoms with E-state index in [4.69, 9.17) is 9.97 Å². The molecule has 8 rings (SSSR count). The van der Waals surface area contributed by atoms with E-state index in [2.05, 4.69) is 40.4 Å². The summed E-state index contributed by atoms with van der Waals surface area (Å²) in [5.74, 6) is 4.00. The van der Waals surface area contributed by atoms with Gasteiger partial charge in [-0.3, -0.25) is 0 Å². The zero-order valence-corrected chi connectivity index (χ0v) is 18.8. The molecule has 2 unspecified atom stereocenters. The maximum Gasteiger partial charge on any atom is 0.164 e. The van der Waals surface area contributed by atoms with Crippen molar-refractivity contribution in [2.75, 3.05) is 5.32 Å². The molecule has 168 valence electrons. The molecule has 5 nitrogen and oxygen atoms in total. The molecule has 1 aromatic carbocycles. The van der Waals surface area contributed by atoms with Crippen molar-refractivity contribution < 1.29 is 4.39 Å². The molecule has 4 aliphatic rings. The Kier molecular flexibility index (Phi) is 4.27. The summed E-state index contributed by atoms with van der Waals surface area (Å²) in [6.45, 7) is 2.40. The molecule has 2 bridgehead atoms. The summed E-state index contributed by atoms with van der Waals surface area (Å²) >= 11 is 0. The van der Waals surface area contributed by atoms with E-state index in [0.29, 0.717) is 40.7 Å². The van der Waals surface area contributed by atoms with Gasteiger partial charge in [0.05, 0.1) is 11.7 Å². The molecule has 0 spiro atoms. The van der Waals surface area contributed by atoms with Crippen LogP contribution in [-0.4, -0.2) is 26.0 Å². The number of aromatic nitrogens is 4. The smallest absolute Gasteiger partial charge is 0.164 e. The molecular formula is C27H28FN5. The van der Waals surface area contributed by atoms with Gasteiger partial charge in [-0.25, -0.2) is 19.3 Å². The number of anilines is 1. The molecule has 3 heterocycles. The highest BCUT2D eigenvalue weighted by Gasteiger charge is 2.41. The van der Waals surface area contributed by atoms with Crippen LogP contribution in [0.2, 0.25) is 0 Å². The van der Waals surface area contributed by atoms with Crippen LogP contribution in [-0.2, 0) is 0 Å². The van der Waals surface area contributed by atoms with Crippen molar-refractivity contribution >= 4 is 27.8 Å². The fourth-order valence-electron chi connectivity index (χ4n) is 6.37. The predicted molar refractivity (Wildman–Crippen MR) is 129 cm³/mol. The van der Waals surface area contributed by atoms with Crippen LogP contribution in [0.25, 0.3) is 33.3 Å². The number of rotatable bonds is 4. The number of H-pyrrole nitrogens is 1. The standard InChI is InChI=1S/C27H28FN5/c1-14-15-2-6-17(7-3-15)24(14)32-26-21-10-18(16-4-5-16)8-9-23(21)31-27(33-26)22-13-30-25-20(22)11-19(28)12-29-25/h8-17,24H,2-7H2,1H3,(H,29,30)(H,31,32,33). The average Bonchev–Trinajstić information content (AvgIpc) is 3.61. The lowest BCUT2D eigenvalue weighted by Gasteiger charge is -2.47. The van der Waals surface area contributed by atoms with Crippen LogP contribution in [0.3, 0.4) is 0 Å². The molecule has 4 aliphatic carbocycles. The summed E-state index contributed by atoms with van der Waals surface area (Å²) in [6.07, 6.45) is 10.9. The van der Waals surface area contributed by atoms with Crippen molar-refractivity contribution in [2.45, 2.75) is 57.4 Å². The normalized spacial score (nSPS) is 26.8. The third-order valence-corrected chi connectivity index (χ3v) is 8.44. The van der Waals surface area contributed by atoms with E-state index in [1.807, 2.05) is 6.20 Å². The summed E-state index contributed by atoms with van der Waals surface area (Å²) in [5.41, 5.74) is 3.75. The molecule has 2 N–H and O–H groups in total. The minimum Gasteiger partial charge on any atom is -0.366 e. The van der Waals surface area contributed by atoms with E-state index in [9.17, 15) is 4.39 Å². The molecule has 4 saturated carbocycles. The summed E-state index contributed by atoms with van der Waals surface area (Å²) in [7, 11) is 0. The lowest BCUT2D eigenvalue weighted by atomic mass is 9.62. The van der Waals surface area contributed by atoms with Gasteiger partial charge >= 0.3 is 0 Å². The monoisotopic (exact) mass is 441 g/mol. The van der Waals surface area contributed by atoms with Crippen LogP contribution in [0.4, 0.5) is 10.2 Å². The molecular weight excluding hydrogens is 413 g/mol. The SMILES string of the molecule is CC1C2CCC(CC2)C1Nc1nc(-c2c[nH]c3ncc(F)cc23)nc2ccc(C3CC3)cc12. The first-order chi connectivity index (χ1) is 16.1. The first-order valence-corrected chi connectivity index (χ1v) is 12.4. The average molecular weight is 442 g/mol. The second-order valence-corrected chi connectivity index (χ2v) is 10.4. The van der Waals surface area contributed by atoms with Gasteiger partial charge in [-0.05, 0) is 86.0 Å². The van der Waals surface area contributed by atoms with Gasteiger partial charge in [-0.1, -0.05) is 13.0 Å². The van der Waals surface area contributed by atoms with Gasteiger partial charge in [0.25, 0.3) is 0 Å². The summed E-state index contributed by atoms with van der Waals surface area (Å²) in [6, 6.07) is 8.58. The van der Waals surface area contributed by atoms with E-state index in [-0.39, 0.29) is 5.82 Å². The van der Waals surface area contributed by atoms with E-state index in [1.54, 1.807) is 0 Å². The third-order valence-electron chi connectivity index (χ3n) is 8.44. The molecule has 4 aromatic rings. The predicted octanol–water partition coefficient (Wildman–Crippen LogP) is 6.43. The number of benzene rings is 1. The molecule has 0 aliphatic heterocycles. The minimum atomic E-state index is -0.358. The number of pyridine rings is 1. The van der Waals surface area contributed by atoms with Crippen molar-refractivity contribution in [3.8, 4) is 11.4 Å². The van der Waals surface area contributed by atoms with Crippen LogP contribution in [0, 0.1) is 23.6 Å². The maximum atomic E-state index is 14.0. The lowest BCUT2D eigenvalue weighted by molar-refractivity contribution is 0.0929. The van der Waals surface area contributed by atoms with Gasteiger partial charge in [-0.15, -0.1) is 0 Å². The van der Waals surface area contributed by atoms with Gasteiger partial charge in [0, 0.05) is 28.6 Å². The fraction of sp³-hybridized carbons (Fsp3) is 0.444. The molecule has 0 amide bonds. The summed E-state index contributed by atoms with van der Waals surface area (Å²) in [4.78, 5) is 17.3. The van der Waals surface area contributed by atoms with E-state index < -0.39 is 0 Å².